The maximum absolute atomic E-state index is 12.8. The monoisotopic (exact) mass is 474 g/mol. The zero-order valence-corrected chi connectivity index (χ0v) is 19.4. The molecule has 1 fully saturated rings. The van der Waals surface area contributed by atoms with Crippen molar-refractivity contribution in [3.8, 4) is 0 Å². The van der Waals surface area contributed by atoms with Crippen LogP contribution in [0.2, 0.25) is 0 Å². The number of anilines is 2. The summed E-state index contributed by atoms with van der Waals surface area (Å²) in [5.41, 5.74) is 2.95. The van der Waals surface area contributed by atoms with Crippen LogP contribution in [0.15, 0.2) is 52.9 Å². The molecule has 1 saturated heterocycles. The van der Waals surface area contributed by atoms with Gasteiger partial charge >= 0.3 is 0 Å². The van der Waals surface area contributed by atoms with E-state index in [-0.39, 0.29) is 11.7 Å². The van der Waals surface area contributed by atoms with E-state index in [0.29, 0.717) is 29.3 Å². The van der Waals surface area contributed by atoms with Crippen molar-refractivity contribution in [2.45, 2.75) is 29.9 Å². The standard InChI is InChI=1S/C21H22N4O3S3/c1-15-9-10-17(13-18(15)25-11-5-6-12-31(25,27)28)19(26)22-20-23-24-21(30-20)29-14-16-7-3-2-4-8-16/h2-4,7-10,13H,5-6,11-12,14H2,1H3,(H,22,23,26). The molecule has 1 aromatic heterocycles. The molecule has 1 amide bonds. The van der Waals surface area contributed by atoms with E-state index in [1.165, 1.54) is 21.2 Å². The van der Waals surface area contributed by atoms with E-state index >= 15 is 0 Å². The van der Waals surface area contributed by atoms with E-state index in [1.807, 2.05) is 37.3 Å². The quantitative estimate of drug-likeness (QED) is 0.422. The molecule has 0 bridgehead atoms. The highest BCUT2D eigenvalue weighted by atomic mass is 32.2. The van der Waals surface area contributed by atoms with Crippen LogP contribution in [0.4, 0.5) is 10.8 Å². The van der Waals surface area contributed by atoms with Gasteiger partial charge < -0.3 is 0 Å². The minimum atomic E-state index is -3.35. The number of sulfonamides is 1. The molecule has 0 atom stereocenters. The highest BCUT2D eigenvalue weighted by Gasteiger charge is 2.27. The first-order valence-corrected chi connectivity index (χ1v) is 13.3. The molecule has 0 unspecified atom stereocenters. The molecule has 0 aliphatic carbocycles. The van der Waals surface area contributed by atoms with Crippen LogP contribution in [0.1, 0.15) is 34.3 Å². The van der Waals surface area contributed by atoms with E-state index in [0.717, 1.165) is 22.1 Å². The SMILES string of the molecule is Cc1ccc(C(=O)Nc2nnc(SCc3ccccc3)s2)cc1N1CCCCS1(=O)=O. The largest absolute Gasteiger partial charge is 0.296 e. The van der Waals surface area contributed by atoms with Crippen molar-refractivity contribution in [2.75, 3.05) is 21.9 Å². The van der Waals surface area contributed by atoms with E-state index in [4.69, 9.17) is 0 Å². The highest BCUT2D eigenvalue weighted by Crippen LogP contribution is 2.30. The van der Waals surface area contributed by atoms with Gasteiger partial charge in [0.1, 0.15) is 0 Å². The number of aromatic nitrogens is 2. The number of thioether (sulfide) groups is 1. The van der Waals surface area contributed by atoms with Crippen molar-refractivity contribution in [1.82, 2.24) is 10.2 Å². The third-order valence-corrected chi connectivity index (χ3v) is 8.82. The van der Waals surface area contributed by atoms with Gasteiger partial charge in [0.15, 0.2) is 4.34 Å². The van der Waals surface area contributed by atoms with Crippen LogP contribution in [0.25, 0.3) is 0 Å². The van der Waals surface area contributed by atoms with Crippen LogP contribution >= 0.6 is 23.1 Å². The maximum atomic E-state index is 12.8. The van der Waals surface area contributed by atoms with Crippen molar-refractivity contribution in [3.05, 3.63) is 65.2 Å². The Morgan fingerprint density at radius 2 is 1.97 bits per heavy atom. The predicted octanol–water partition coefficient (Wildman–Crippen LogP) is 4.32. The molecule has 0 saturated carbocycles. The predicted molar refractivity (Wildman–Crippen MR) is 125 cm³/mol. The van der Waals surface area contributed by atoms with E-state index in [9.17, 15) is 13.2 Å². The van der Waals surface area contributed by atoms with Crippen LogP contribution < -0.4 is 9.62 Å². The molecular formula is C21H22N4O3S3. The van der Waals surface area contributed by atoms with E-state index in [1.54, 1.807) is 30.0 Å². The van der Waals surface area contributed by atoms with Gasteiger partial charge in [-0.1, -0.05) is 59.5 Å². The minimum absolute atomic E-state index is 0.136. The van der Waals surface area contributed by atoms with Gasteiger partial charge in [0.2, 0.25) is 15.2 Å². The van der Waals surface area contributed by atoms with Crippen LogP contribution in [0.3, 0.4) is 0 Å². The van der Waals surface area contributed by atoms with Gasteiger partial charge in [-0.3, -0.25) is 14.4 Å². The lowest BCUT2D eigenvalue weighted by atomic mass is 10.1. The third kappa shape index (κ3) is 5.25. The summed E-state index contributed by atoms with van der Waals surface area (Å²) in [5.74, 6) is 0.568. The Morgan fingerprint density at radius 3 is 2.74 bits per heavy atom. The zero-order chi connectivity index (χ0) is 21.8. The highest BCUT2D eigenvalue weighted by molar-refractivity contribution is 8.00. The Hall–Kier alpha value is -2.43. The molecule has 3 aromatic rings. The van der Waals surface area contributed by atoms with Gasteiger partial charge in [-0.15, -0.1) is 10.2 Å². The van der Waals surface area contributed by atoms with Gasteiger partial charge in [-0.05, 0) is 43.0 Å². The van der Waals surface area contributed by atoms with Crippen LogP contribution in [-0.2, 0) is 15.8 Å². The molecule has 1 aliphatic heterocycles. The van der Waals surface area contributed by atoms with Gasteiger partial charge in [0, 0.05) is 17.9 Å². The molecule has 4 rings (SSSR count). The lowest BCUT2D eigenvalue weighted by molar-refractivity contribution is 0.102. The van der Waals surface area contributed by atoms with Crippen LogP contribution in [0, 0.1) is 6.92 Å². The van der Waals surface area contributed by atoms with E-state index in [2.05, 4.69) is 15.5 Å². The fourth-order valence-electron chi connectivity index (χ4n) is 3.29. The topological polar surface area (TPSA) is 92.3 Å². The Kier molecular flexibility index (Phi) is 6.59. The van der Waals surface area contributed by atoms with Crippen molar-refractivity contribution in [1.29, 1.82) is 0 Å². The average Bonchev–Trinajstić information content (AvgIpc) is 3.20. The second kappa shape index (κ2) is 9.37. The van der Waals surface area contributed by atoms with Gasteiger partial charge in [-0.2, -0.15) is 0 Å². The molecule has 1 N–H and O–H groups in total. The first-order chi connectivity index (χ1) is 14.9. The number of nitrogens with zero attached hydrogens (tertiary/aromatic N) is 3. The fourth-order valence-corrected chi connectivity index (χ4v) is 6.68. The number of carbonyl (C=O) groups is 1. The first kappa shape index (κ1) is 21.8. The molecule has 7 nitrogen and oxygen atoms in total. The molecular weight excluding hydrogens is 452 g/mol. The molecule has 31 heavy (non-hydrogen) atoms. The lowest BCUT2D eigenvalue weighted by Gasteiger charge is -2.29. The van der Waals surface area contributed by atoms with E-state index < -0.39 is 10.0 Å². The Balaban J connectivity index is 1.45. The summed E-state index contributed by atoms with van der Waals surface area (Å²) in [4.78, 5) is 12.8. The number of hydrogen-bond donors (Lipinski definition) is 1. The van der Waals surface area contributed by atoms with Gasteiger partial charge in [0.05, 0.1) is 11.4 Å². The van der Waals surface area contributed by atoms with Crippen molar-refractivity contribution in [2.24, 2.45) is 0 Å². The number of nitrogens with one attached hydrogen (secondary N) is 1. The smallest absolute Gasteiger partial charge is 0.257 e. The Bertz CT molecular complexity index is 1180. The van der Waals surface area contributed by atoms with Gasteiger partial charge in [0.25, 0.3) is 5.91 Å². The molecule has 2 aromatic carbocycles. The first-order valence-electron chi connectivity index (χ1n) is 9.85. The number of carbonyl (C=O) groups excluding carboxylic acids is 1. The molecule has 0 spiro atoms. The average molecular weight is 475 g/mol. The molecule has 10 heteroatoms. The maximum Gasteiger partial charge on any atom is 0.257 e. The summed E-state index contributed by atoms with van der Waals surface area (Å²) < 4.78 is 27.1. The normalized spacial score (nSPS) is 15.6. The summed E-state index contributed by atoms with van der Waals surface area (Å²) in [5, 5.41) is 11.4. The van der Waals surface area contributed by atoms with Gasteiger partial charge in [-0.25, -0.2) is 8.42 Å². The van der Waals surface area contributed by atoms with Crippen LogP contribution in [0.5, 0.6) is 0 Å². The number of benzene rings is 2. The summed E-state index contributed by atoms with van der Waals surface area (Å²) in [7, 11) is -3.35. The Morgan fingerprint density at radius 1 is 1.16 bits per heavy atom. The third-order valence-electron chi connectivity index (χ3n) is 4.92. The van der Waals surface area contributed by atoms with Crippen molar-refractivity contribution >= 4 is 49.8 Å². The zero-order valence-electron chi connectivity index (χ0n) is 16.9. The second-order valence-electron chi connectivity index (χ2n) is 7.20. The Labute approximate surface area is 189 Å². The minimum Gasteiger partial charge on any atom is -0.296 e. The summed E-state index contributed by atoms with van der Waals surface area (Å²) in [6.07, 6.45) is 1.48. The number of hydrogen-bond acceptors (Lipinski definition) is 7. The molecule has 0 radical (unpaired) electrons. The molecule has 162 valence electrons. The van der Waals surface area contributed by atoms with Crippen molar-refractivity contribution < 1.29 is 13.2 Å². The number of rotatable bonds is 6. The lowest BCUT2D eigenvalue weighted by Crippen LogP contribution is -2.38. The van der Waals surface area contributed by atoms with Crippen molar-refractivity contribution in [3.63, 3.8) is 0 Å². The molecule has 1 aliphatic rings. The van der Waals surface area contributed by atoms with Crippen LogP contribution in [-0.4, -0.2) is 36.8 Å². The fraction of sp³-hybridized carbons (Fsp3) is 0.286. The summed E-state index contributed by atoms with van der Waals surface area (Å²) >= 11 is 2.87. The second-order valence-corrected chi connectivity index (χ2v) is 11.4. The number of aryl methyl sites for hydroxylation is 1. The molecule has 2 heterocycles. The number of amides is 1. The summed E-state index contributed by atoms with van der Waals surface area (Å²) in [6, 6.07) is 15.2. The summed E-state index contributed by atoms with van der Waals surface area (Å²) in [6.45, 7) is 2.29.